The Labute approximate surface area is 97.6 Å². The number of nitrogens with one attached hydrogen (secondary N) is 1. The SMILES string of the molecule is COc1ccc(NC(=O)c2cc(C)on2)cn1. The molecule has 0 radical (unpaired) electrons. The topological polar surface area (TPSA) is 77.2 Å². The van der Waals surface area contributed by atoms with Crippen LogP contribution in [0.15, 0.2) is 28.9 Å². The highest BCUT2D eigenvalue weighted by molar-refractivity contribution is 6.02. The monoisotopic (exact) mass is 233 g/mol. The molecular weight excluding hydrogens is 222 g/mol. The number of rotatable bonds is 3. The summed E-state index contributed by atoms with van der Waals surface area (Å²) in [6.45, 7) is 1.72. The molecule has 0 aromatic carbocycles. The molecule has 2 heterocycles. The van der Waals surface area contributed by atoms with Crippen LogP contribution in [0, 0.1) is 6.92 Å². The van der Waals surface area contributed by atoms with Gasteiger partial charge in [0.25, 0.3) is 5.91 Å². The first kappa shape index (κ1) is 11.1. The van der Waals surface area contributed by atoms with E-state index in [-0.39, 0.29) is 11.6 Å². The van der Waals surface area contributed by atoms with E-state index in [1.165, 1.54) is 13.3 Å². The van der Waals surface area contributed by atoms with Gasteiger partial charge in [-0.25, -0.2) is 4.98 Å². The molecule has 0 aliphatic heterocycles. The summed E-state index contributed by atoms with van der Waals surface area (Å²) in [6, 6.07) is 4.91. The second-order valence-corrected chi connectivity index (χ2v) is 3.37. The van der Waals surface area contributed by atoms with Crippen molar-refractivity contribution in [1.82, 2.24) is 10.1 Å². The third-order valence-electron chi connectivity index (χ3n) is 2.06. The lowest BCUT2D eigenvalue weighted by Crippen LogP contribution is -2.12. The van der Waals surface area contributed by atoms with Crippen LogP contribution in [0.5, 0.6) is 5.88 Å². The highest BCUT2D eigenvalue weighted by Crippen LogP contribution is 2.12. The minimum atomic E-state index is -0.339. The normalized spacial score (nSPS) is 10.0. The molecule has 1 N–H and O–H groups in total. The number of aromatic nitrogens is 2. The Bertz CT molecular complexity index is 519. The van der Waals surface area contributed by atoms with Crippen molar-refractivity contribution in [2.75, 3.05) is 12.4 Å². The van der Waals surface area contributed by atoms with Gasteiger partial charge in [-0.2, -0.15) is 0 Å². The largest absolute Gasteiger partial charge is 0.481 e. The Morgan fingerprint density at radius 2 is 2.29 bits per heavy atom. The molecule has 1 amide bonds. The number of anilines is 1. The number of carbonyl (C=O) groups excluding carboxylic acids is 1. The summed E-state index contributed by atoms with van der Waals surface area (Å²) in [5.41, 5.74) is 0.801. The van der Waals surface area contributed by atoms with Gasteiger partial charge < -0.3 is 14.6 Å². The van der Waals surface area contributed by atoms with Crippen LogP contribution >= 0.6 is 0 Å². The molecule has 17 heavy (non-hydrogen) atoms. The average molecular weight is 233 g/mol. The molecular formula is C11H11N3O3. The van der Waals surface area contributed by atoms with Crippen molar-refractivity contribution in [3.05, 3.63) is 35.9 Å². The summed E-state index contributed by atoms with van der Waals surface area (Å²) in [7, 11) is 1.53. The maximum Gasteiger partial charge on any atom is 0.277 e. The van der Waals surface area contributed by atoms with E-state index >= 15 is 0 Å². The second-order valence-electron chi connectivity index (χ2n) is 3.37. The van der Waals surface area contributed by atoms with E-state index in [1.54, 1.807) is 25.1 Å². The third kappa shape index (κ3) is 2.60. The van der Waals surface area contributed by atoms with Crippen molar-refractivity contribution in [1.29, 1.82) is 0 Å². The van der Waals surface area contributed by atoms with Crippen LogP contribution in [0.2, 0.25) is 0 Å². The number of pyridine rings is 1. The van der Waals surface area contributed by atoms with Gasteiger partial charge >= 0.3 is 0 Å². The number of hydrogen-bond acceptors (Lipinski definition) is 5. The lowest BCUT2D eigenvalue weighted by molar-refractivity contribution is 0.101. The molecule has 0 fully saturated rings. The maximum atomic E-state index is 11.7. The molecule has 0 unspecified atom stereocenters. The number of aryl methyl sites for hydroxylation is 1. The van der Waals surface area contributed by atoms with Crippen molar-refractivity contribution >= 4 is 11.6 Å². The minimum absolute atomic E-state index is 0.235. The van der Waals surface area contributed by atoms with Crippen LogP contribution < -0.4 is 10.1 Å². The first-order chi connectivity index (χ1) is 8.19. The Balaban J connectivity index is 2.07. The van der Waals surface area contributed by atoms with Crippen LogP contribution in [-0.4, -0.2) is 23.2 Å². The molecule has 0 aliphatic carbocycles. The lowest BCUT2D eigenvalue weighted by Gasteiger charge is -2.03. The van der Waals surface area contributed by atoms with Gasteiger partial charge in [-0.3, -0.25) is 4.79 Å². The van der Waals surface area contributed by atoms with Gasteiger partial charge in [0.1, 0.15) is 5.76 Å². The maximum absolute atomic E-state index is 11.7. The number of hydrogen-bond donors (Lipinski definition) is 1. The second kappa shape index (κ2) is 4.65. The van der Waals surface area contributed by atoms with E-state index in [1.807, 2.05) is 0 Å². The minimum Gasteiger partial charge on any atom is -0.481 e. The standard InChI is InChI=1S/C11H11N3O3/c1-7-5-9(14-17-7)11(15)13-8-3-4-10(16-2)12-6-8/h3-6H,1-2H3,(H,13,15). The summed E-state index contributed by atoms with van der Waals surface area (Å²) in [5, 5.41) is 6.26. The first-order valence-electron chi connectivity index (χ1n) is 4.94. The zero-order chi connectivity index (χ0) is 12.3. The molecule has 2 aromatic rings. The molecule has 88 valence electrons. The summed E-state index contributed by atoms with van der Waals surface area (Å²) >= 11 is 0. The van der Waals surface area contributed by atoms with Gasteiger partial charge in [-0.1, -0.05) is 5.16 Å². The fourth-order valence-corrected chi connectivity index (χ4v) is 1.24. The average Bonchev–Trinajstić information content (AvgIpc) is 2.77. The Hall–Kier alpha value is -2.37. The molecule has 0 saturated carbocycles. The number of nitrogens with zero attached hydrogens (tertiary/aromatic N) is 2. The zero-order valence-corrected chi connectivity index (χ0v) is 9.43. The van der Waals surface area contributed by atoms with E-state index < -0.39 is 0 Å². The van der Waals surface area contributed by atoms with E-state index in [9.17, 15) is 4.79 Å². The molecule has 0 aliphatic rings. The molecule has 2 aromatic heterocycles. The molecule has 0 atom stereocenters. The molecule has 6 nitrogen and oxygen atoms in total. The van der Waals surface area contributed by atoms with Gasteiger partial charge in [-0.05, 0) is 13.0 Å². The molecule has 2 rings (SSSR count). The van der Waals surface area contributed by atoms with Crippen molar-refractivity contribution in [3.63, 3.8) is 0 Å². The fraction of sp³-hybridized carbons (Fsp3) is 0.182. The Morgan fingerprint density at radius 3 is 2.82 bits per heavy atom. The smallest absolute Gasteiger partial charge is 0.277 e. The van der Waals surface area contributed by atoms with Crippen molar-refractivity contribution in [2.24, 2.45) is 0 Å². The summed E-state index contributed by atoms with van der Waals surface area (Å²) in [4.78, 5) is 15.7. The van der Waals surface area contributed by atoms with Crippen LogP contribution in [-0.2, 0) is 0 Å². The summed E-state index contributed by atoms with van der Waals surface area (Å²) in [6.07, 6.45) is 1.50. The van der Waals surface area contributed by atoms with Gasteiger partial charge in [0.05, 0.1) is 19.0 Å². The number of methoxy groups -OCH3 is 1. The first-order valence-corrected chi connectivity index (χ1v) is 4.94. The molecule has 0 saturated heterocycles. The van der Waals surface area contributed by atoms with Crippen LogP contribution in [0.3, 0.4) is 0 Å². The quantitative estimate of drug-likeness (QED) is 0.871. The van der Waals surface area contributed by atoms with E-state index in [0.717, 1.165) is 0 Å². The fourth-order valence-electron chi connectivity index (χ4n) is 1.24. The number of carbonyl (C=O) groups is 1. The van der Waals surface area contributed by atoms with E-state index in [2.05, 4.69) is 15.5 Å². The Morgan fingerprint density at radius 1 is 1.47 bits per heavy atom. The predicted octanol–water partition coefficient (Wildman–Crippen LogP) is 1.64. The molecule has 0 spiro atoms. The van der Waals surface area contributed by atoms with Crippen LogP contribution in [0.25, 0.3) is 0 Å². The van der Waals surface area contributed by atoms with Gasteiger partial charge in [0.2, 0.25) is 5.88 Å². The third-order valence-corrected chi connectivity index (χ3v) is 2.06. The highest BCUT2D eigenvalue weighted by atomic mass is 16.5. The zero-order valence-electron chi connectivity index (χ0n) is 9.43. The van der Waals surface area contributed by atoms with Gasteiger partial charge in [0, 0.05) is 12.1 Å². The van der Waals surface area contributed by atoms with Gasteiger partial charge in [-0.15, -0.1) is 0 Å². The van der Waals surface area contributed by atoms with Crippen LogP contribution in [0.1, 0.15) is 16.2 Å². The molecule has 6 heteroatoms. The van der Waals surface area contributed by atoms with Crippen molar-refractivity contribution in [3.8, 4) is 5.88 Å². The Kier molecular flexibility index (Phi) is 3.04. The summed E-state index contributed by atoms with van der Waals surface area (Å²) in [5.74, 6) is 0.733. The van der Waals surface area contributed by atoms with E-state index in [4.69, 9.17) is 9.26 Å². The lowest BCUT2D eigenvalue weighted by atomic mass is 10.3. The van der Waals surface area contributed by atoms with Gasteiger partial charge in [0.15, 0.2) is 5.69 Å². The number of ether oxygens (including phenoxy) is 1. The number of amides is 1. The summed E-state index contributed by atoms with van der Waals surface area (Å²) < 4.78 is 9.72. The van der Waals surface area contributed by atoms with Crippen molar-refractivity contribution in [2.45, 2.75) is 6.92 Å². The van der Waals surface area contributed by atoms with Crippen molar-refractivity contribution < 1.29 is 14.1 Å². The van der Waals surface area contributed by atoms with E-state index in [0.29, 0.717) is 17.3 Å². The highest BCUT2D eigenvalue weighted by Gasteiger charge is 2.11. The van der Waals surface area contributed by atoms with Crippen LogP contribution in [0.4, 0.5) is 5.69 Å². The molecule has 0 bridgehead atoms. The predicted molar refractivity (Wildman–Crippen MR) is 60.0 cm³/mol.